The fraction of sp³-hybridized carbons (Fsp3) is 0.222. The van der Waals surface area contributed by atoms with Crippen molar-refractivity contribution in [1.29, 1.82) is 0 Å². The van der Waals surface area contributed by atoms with E-state index in [0.29, 0.717) is 15.8 Å². The first-order valence-electron chi connectivity index (χ1n) is 4.27. The third-order valence-electron chi connectivity index (χ3n) is 2.28. The molecule has 6 heteroatoms. The van der Waals surface area contributed by atoms with Gasteiger partial charge in [-0.3, -0.25) is 0 Å². The van der Waals surface area contributed by atoms with Crippen LogP contribution in [0.1, 0.15) is 5.82 Å². The van der Waals surface area contributed by atoms with Crippen LogP contribution in [0.25, 0.3) is 10.9 Å². The minimum Gasteiger partial charge on any atom is -0.331 e. The Bertz CT molecular complexity index is 590. The smallest absolute Gasteiger partial charge is 0.196 e. The van der Waals surface area contributed by atoms with E-state index in [1.807, 2.05) is 11.6 Å². The molecule has 0 aliphatic heterocycles. The van der Waals surface area contributed by atoms with Gasteiger partial charge < -0.3 is 4.57 Å². The van der Waals surface area contributed by atoms with E-state index in [4.69, 9.17) is 0 Å². The summed E-state index contributed by atoms with van der Waals surface area (Å²) in [6.07, 6.45) is 1.66. The summed E-state index contributed by atoms with van der Waals surface area (Å²) >= 11 is 3.23. The molecular formula is C9H8BrFN4. The maximum absolute atomic E-state index is 12.4. The molecule has 15 heavy (non-hydrogen) atoms. The first kappa shape index (κ1) is 10.2. The van der Waals surface area contributed by atoms with Crippen LogP contribution >= 0.6 is 15.9 Å². The van der Waals surface area contributed by atoms with Gasteiger partial charge in [0.25, 0.3) is 0 Å². The fourth-order valence-corrected chi connectivity index (χ4v) is 1.73. The molecule has 0 spiro atoms. The summed E-state index contributed by atoms with van der Waals surface area (Å²) in [5.41, 5.74) is 0.880. The summed E-state index contributed by atoms with van der Waals surface area (Å²) < 4.78 is 14.9. The van der Waals surface area contributed by atoms with Crippen molar-refractivity contribution in [2.45, 2.75) is 6.92 Å². The highest BCUT2D eigenvalue weighted by atomic mass is 79.9. The van der Waals surface area contributed by atoms with Crippen LogP contribution in [0.3, 0.4) is 0 Å². The predicted molar refractivity (Wildman–Crippen MR) is 57.6 cm³/mol. The lowest BCUT2D eigenvalue weighted by Crippen LogP contribution is -2.16. The van der Waals surface area contributed by atoms with E-state index in [2.05, 4.69) is 31.1 Å². The Labute approximate surface area is 93.6 Å². The second-order valence-electron chi connectivity index (χ2n) is 3.15. The zero-order chi connectivity index (χ0) is 11.0. The van der Waals surface area contributed by atoms with Gasteiger partial charge in [0.05, 0.1) is 11.7 Å². The van der Waals surface area contributed by atoms with Gasteiger partial charge in [0.15, 0.2) is 5.49 Å². The van der Waals surface area contributed by atoms with Gasteiger partial charge in [-0.25, -0.2) is 9.97 Å². The van der Waals surface area contributed by atoms with Crippen molar-refractivity contribution in [3.63, 3.8) is 0 Å². The molecule has 0 N–H and O–H groups in total. The van der Waals surface area contributed by atoms with Crippen LogP contribution < -0.4 is 5.49 Å². The number of aromatic nitrogens is 3. The molecule has 78 valence electrons. The van der Waals surface area contributed by atoms with Crippen LogP contribution in [0.5, 0.6) is 0 Å². The van der Waals surface area contributed by atoms with Gasteiger partial charge in [0.1, 0.15) is 10.4 Å². The molecule has 0 unspecified atom stereocenters. The van der Waals surface area contributed by atoms with Crippen molar-refractivity contribution in [3.8, 4) is 0 Å². The van der Waals surface area contributed by atoms with Crippen LogP contribution in [0, 0.1) is 6.92 Å². The minimum atomic E-state index is 0.0868. The maximum atomic E-state index is 12.4. The third kappa shape index (κ3) is 1.65. The van der Waals surface area contributed by atoms with E-state index in [9.17, 15) is 4.48 Å². The summed E-state index contributed by atoms with van der Waals surface area (Å²) in [6.45, 7) is 1.79. The lowest BCUT2D eigenvalue weighted by molar-refractivity contribution is 0.506. The standard InChI is InChI=1S/C9H8BrFN4/c1-5-13-9(14-11)6-3-8(10)12-4-7(6)15(5)2/h3-4H,1-2H3. The lowest BCUT2D eigenvalue weighted by Gasteiger charge is -2.07. The van der Waals surface area contributed by atoms with Crippen molar-refractivity contribution in [2.24, 2.45) is 12.3 Å². The van der Waals surface area contributed by atoms with E-state index >= 15 is 0 Å². The quantitative estimate of drug-likeness (QED) is 0.686. The van der Waals surface area contributed by atoms with Gasteiger partial charge in [-0.15, -0.1) is 0 Å². The van der Waals surface area contributed by atoms with E-state index < -0.39 is 0 Å². The van der Waals surface area contributed by atoms with Crippen molar-refractivity contribution in [2.75, 3.05) is 0 Å². The van der Waals surface area contributed by atoms with Gasteiger partial charge in [-0.05, 0) is 28.9 Å². The molecule has 2 heterocycles. The molecular weight excluding hydrogens is 263 g/mol. The lowest BCUT2D eigenvalue weighted by atomic mass is 10.3. The average molecular weight is 271 g/mol. The Balaban J connectivity index is 3.04. The Hall–Kier alpha value is -1.30. The SMILES string of the molecule is Cc1nc(=NF)c2cc(Br)ncc2n1C. The monoisotopic (exact) mass is 270 g/mol. The molecule has 0 aromatic carbocycles. The van der Waals surface area contributed by atoms with Crippen LogP contribution in [0.15, 0.2) is 22.1 Å². The Morgan fingerprint density at radius 1 is 1.53 bits per heavy atom. The summed E-state index contributed by atoms with van der Waals surface area (Å²) in [4.78, 5) is 8.12. The Morgan fingerprint density at radius 2 is 2.27 bits per heavy atom. The molecule has 0 fully saturated rings. The van der Waals surface area contributed by atoms with Crippen LogP contribution in [0.2, 0.25) is 0 Å². The van der Waals surface area contributed by atoms with Crippen molar-refractivity contribution in [1.82, 2.24) is 14.5 Å². The van der Waals surface area contributed by atoms with Gasteiger partial charge >= 0.3 is 0 Å². The van der Waals surface area contributed by atoms with Crippen molar-refractivity contribution < 1.29 is 4.48 Å². The topological polar surface area (TPSA) is 43.1 Å². The first-order chi connectivity index (χ1) is 7.13. The average Bonchev–Trinajstić information content (AvgIpc) is 2.23. The number of nitrogens with zero attached hydrogens (tertiary/aromatic N) is 4. The van der Waals surface area contributed by atoms with Gasteiger partial charge in [0.2, 0.25) is 0 Å². The molecule has 2 aromatic heterocycles. The molecule has 0 aliphatic rings. The number of fused-ring (bicyclic) bond motifs is 1. The molecule has 0 radical (unpaired) electrons. The summed E-state index contributed by atoms with van der Waals surface area (Å²) in [5, 5.41) is 3.30. The largest absolute Gasteiger partial charge is 0.331 e. The molecule has 4 nitrogen and oxygen atoms in total. The number of hydrogen-bond acceptors (Lipinski definition) is 3. The minimum absolute atomic E-state index is 0.0868. The predicted octanol–water partition coefficient (Wildman–Crippen LogP) is 1.82. The second kappa shape index (κ2) is 3.69. The Kier molecular flexibility index (Phi) is 2.52. The van der Waals surface area contributed by atoms with Gasteiger partial charge in [-0.2, -0.15) is 0 Å². The van der Waals surface area contributed by atoms with E-state index in [-0.39, 0.29) is 5.49 Å². The van der Waals surface area contributed by atoms with E-state index in [1.165, 1.54) is 0 Å². The summed E-state index contributed by atoms with van der Waals surface area (Å²) in [5.74, 6) is 0.683. The van der Waals surface area contributed by atoms with Gasteiger partial charge in [0, 0.05) is 12.4 Å². The van der Waals surface area contributed by atoms with Crippen LogP contribution in [-0.4, -0.2) is 14.5 Å². The van der Waals surface area contributed by atoms with Crippen LogP contribution in [-0.2, 0) is 7.05 Å². The third-order valence-corrected chi connectivity index (χ3v) is 2.72. The molecule has 0 atom stereocenters. The highest BCUT2D eigenvalue weighted by molar-refractivity contribution is 9.10. The second-order valence-corrected chi connectivity index (χ2v) is 3.96. The molecule has 0 bridgehead atoms. The highest BCUT2D eigenvalue weighted by Crippen LogP contribution is 2.13. The molecule has 2 rings (SSSR count). The maximum Gasteiger partial charge on any atom is 0.196 e. The number of halogens is 2. The van der Waals surface area contributed by atoms with E-state index in [0.717, 1.165) is 5.52 Å². The number of pyridine rings is 1. The number of aryl methyl sites for hydroxylation is 2. The molecule has 0 amide bonds. The van der Waals surface area contributed by atoms with E-state index in [1.54, 1.807) is 19.2 Å². The number of hydrogen-bond donors (Lipinski definition) is 0. The normalized spacial score (nSPS) is 12.4. The summed E-state index contributed by atoms with van der Waals surface area (Å²) in [6, 6.07) is 1.69. The zero-order valence-electron chi connectivity index (χ0n) is 8.20. The zero-order valence-corrected chi connectivity index (χ0v) is 9.79. The Morgan fingerprint density at radius 3 is 2.93 bits per heavy atom. The van der Waals surface area contributed by atoms with Crippen LogP contribution in [0.4, 0.5) is 4.48 Å². The number of rotatable bonds is 0. The molecule has 0 saturated carbocycles. The molecule has 2 aromatic rings. The molecule has 0 saturated heterocycles. The molecule has 0 aliphatic carbocycles. The van der Waals surface area contributed by atoms with Crippen molar-refractivity contribution in [3.05, 3.63) is 28.2 Å². The fourth-order valence-electron chi connectivity index (χ4n) is 1.40. The van der Waals surface area contributed by atoms with Gasteiger partial charge in [-0.1, -0.05) is 9.70 Å². The highest BCUT2D eigenvalue weighted by Gasteiger charge is 2.05. The summed E-state index contributed by atoms with van der Waals surface area (Å²) in [7, 11) is 1.85. The van der Waals surface area contributed by atoms with Crippen molar-refractivity contribution >= 4 is 26.8 Å². The first-order valence-corrected chi connectivity index (χ1v) is 5.06.